The number of likely N-dealkylation sites (tertiary alicyclic amines) is 1. The van der Waals surface area contributed by atoms with E-state index in [0.717, 1.165) is 0 Å². The fraction of sp³-hybridized carbons (Fsp3) is 0.733. The molecule has 0 bridgehead atoms. The van der Waals surface area contributed by atoms with E-state index >= 15 is 0 Å². The van der Waals surface area contributed by atoms with Gasteiger partial charge in [-0.1, -0.05) is 0 Å². The van der Waals surface area contributed by atoms with Gasteiger partial charge in [-0.25, -0.2) is 4.79 Å². The Bertz CT molecular complexity index is 516. The Hall–Kier alpha value is -1.81. The number of primary amides is 1. The van der Waals surface area contributed by atoms with Crippen LogP contribution in [0.25, 0.3) is 0 Å². The maximum Gasteiger partial charge on any atom is 0.326 e. The number of amides is 3. The molecule has 0 saturated carbocycles. The zero-order valence-electron chi connectivity index (χ0n) is 14.3. The first kappa shape index (κ1) is 21.2. The number of aliphatic carboxylic acids is 1. The van der Waals surface area contributed by atoms with E-state index in [1.807, 2.05) is 6.26 Å². The molecule has 1 aliphatic rings. The van der Waals surface area contributed by atoms with Gasteiger partial charge in [0.1, 0.15) is 12.1 Å². The number of thioether (sulfide) groups is 1. The van der Waals surface area contributed by atoms with Gasteiger partial charge in [-0.15, -0.1) is 0 Å². The predicted octanol–water partition coefficient (Wildman–Crippen LogP) is -1.11. The molecule has 3 atom stereocenters. The van der Waals surface area contributed by atoms with Crippen LogP contribution in [0.4, 0.5) is 0 Å². The highest BCUT2D eigenvalue weighted by atomic mass is 32.2. The molecule has 1 saturated heterocycles. The van der Waals surface area contributed by atoms with Crippen molar-refractivity contribution in [2.75, 3.05) is 18.6 Å². The lowest BCUT2D eigenvalue weighted by atomic mass is 10.1. The summed E-state index contributed by atoms with van der Waals surface area (Å²) in [5, 5.41) is 11.8. The molecule has 1 rings (SSSR count). The molecule has 9 nitrogen and oxygen atoms in total. The fourth-order valence-electron chi connectivity index (χ4n) is 2.69. The van der Waals surface area contributed by atoms with Gasteiger partial charge in [-0.3, -0.25) is 14.4 Å². The summed E-state index contributed by atoms with van der Waals surface area (Å²) in [4.78, 5) is 48.4. The average molecular weight is 374 g/mol. The van der Waals surface area contributed by atoms with E-state index in [2.05, 4.69) is 5.32 Å². The van der Waals surface area contributed by atoms with Crippen LogP contribution in [0.2, 0.25) is 0 Å². The Morgan fingerprint density at radius 1 is 1.32 bits per heavy atom. The third-order valence-corrected chi connectivity index (χ3v) is 4.73. The molecule has 3 amide bonds. The molecular weight excluding hydrogens is 348 g/mol. The van der Waals surface area contributed by atoms with Crippen LogP contribution < -0.4 is 16.8 Å². The summed E-state index contributed by atoms with van der Waals surface area (Å²) < 4.78 is 0. The number of nitrogens with one attached hydrogen (secondary N) is 1. The van der Waals surface area contributed by atoms with Crippen LogP contribution in [0.1, 0.15) is 32.1 Å². The Labute approximate surface area is 150 Å². The van der Waals surface area contributed by atoms with Gasteiger partial charge in [0.2, 0.25) is 17.7 Å². The molecule has 0 aromatic rings. The van der Waals surface area contributed by atoms with Gasteiger partial charge in [0.15, 0.2) is 0 Å². The molecule has 0 aromatic carbocycles. The molecule has 142 valence electrons. The van der Waals surface area contributed by atoms with Crippen molar-refractivity contribution in [2.45, 2.75) is 50.2 Å². The average Bonchev–Trinajstić information content (AvgIpc) is 3.05. The SMILES string of the molecule is CSCC[C@H](N)C(=O)N[C@@H](CCC(N)=O)C(=O)N1CCC[C@@H]1C(=O)O. The third-order valence-electron chi connectivity index (χ3n) is 4.08. The second-order valence-corrected chi connectivity index (χ2v) is 6.97. The molecule has 0 aliphatic carbocycles. The predicted molar refractivity (Wildman–Crippen MR) is 93.7 cm³/mol. The summed E-state index contributed by atoms with van der Waals surface area (Å²) in [5.41, 5.74) is 10.9. The first-order valence-electron chi connectivity index (χ1n) is 8.14. The van der Waals surface area contributed by atoms with Crippen LogP contribution in [0, 0.1) is 0 Å². The number of rotatable bonds is 10. The lowest BCUT2D eigenvalue weighted by Gasteiger charge is -2.28. The van der Waals surface area contributed by atoms with Gasteiger partial charge in [0, 0.05) is 13.0 Å². The molecule has 25 heavy (non-hydrogen) atoms. The van der Waals surface area contributed by atoms with Crippen LogP contribution in [-0.4, -0.2) is 70.4 Å². The summed E-state index contributed by atoms with van der Waals surface area (Å²) in [5.74, 6) is -2.00. The molecule has 1 aliphatic heterocycles. The summed E-state index contributed by atoms with van der Waals surface area (Å²) in [6.45, 7) is 0.303. The van der Waals surface area contributed by atoms with E-state index in [1.165, 1.54) is 4.90 Å². The molecule has 0 unspecified atom stereocenters. The lowest BCUT2D eigenvalue weighted by molar-refractivity contribution is -0.149. The zero-order chi connectivity index (χ0) is 19.0. The van der Waals surface area contributed by atoms with E-state index in [0.29, 0.717) is 31.6 Å². The zero-order valence-corrected chi connectivity index (χ0v) is 15.1. The first-order valence-corrected chi connectivity index (χ1v) is 9.53. The van der Waals surface area contributed by atoms with Crippen molar-refractivity contribution in [3.05, 3.63) is 0 Å². The van der Waals surface area contributed by atoms with Crippen LogP contribution in [0.5, 0.6) is 0 Å². The highest BCUT2D eigenvalue weighted by molar-refractivity contribution is 7.98. The van der Waals surface area contributed by atoms with Gasteiger partial charge >= 0.3 is 5.97 Å². The molecule has 0 aromatic heterocycles. The number of nitrogens with two attached hydrogens (primary N) is 2. The Balaban J connectivity index is 2.80. The summed E-state index contributed by atoms with van der Waals surface area (Å²) in [7, 11) is 0. The maximum atomic E-state index is 12.7. The summed E-state index contributed by atoms with van der Waals surface area (Å²) >= 11 is 1.55. The van der Waals surface area contributed by atoms with Crippen molar-refractivity contribution >= 4 is 35.5 Å². The minimum Gasteiger partial charge on any atom is -0.480 e. The van der Waals surface area contributed by atoms with E-state index in [4.69, 9.17) is 11.5 Å². The van der Waals surface area contributed by atoms with E-state index in [-0.39, 0.29) is 12.8 Å². The van der Waals surface area contributed by atoms with E-state index in [1.54, 1.807) is 11.8 Å². The fourth-order valence-corrected chi connectivity index (χ4v) is 3.18. The molecule has 1 fully saturated rings. The van der Waals surface area contributed by atoms with Gasteiger partial charge in [-0.2, -0.15) is 11.8 Å². The normalized spacial score (nSPS) is 19.3. The molecular formula is C15H26N4O5S. The van der Waals surface area contributed by atoms with Crippen molar-refractivity contribution in [1.29, 1.82) is 0 Å². The Morgan fingerprint density at radius 2 is 2.00 bits per heavy atom. The van der Waals surface area contributed by atoms with Gasteiger partial charge in [0.25, 0.3) is 0 Å². The molecule has 6 N–H and O–H groups in total. The standard InChI is InChI=1S/C15H26N4O5S/c1-25-8-6-9(16)13(21)18-10(4-5-12(17)20)14(22)19-7-2-3-11(19)15(23)24/h9-11H,2-8,16H2,1H3,(H2,17,20)(H,18,21)(H,23,24)/t9-,10-,11+/m0/s1. The van der Waals surface area contributed by atoms with Gasteiger partial charge in [-0.05, 0) is 37.7 Å². The van der Waals surface area contributed by atoms with Crippen molar-refractivity contribution < 1.29 is 24.3 Å². The van der Waals surface area contributed by atoms with E-state index < -0.39 is 41.8 Å². The number of carboxylic acid groups (broad SMARTS) is 1. The second kappa shape index (κ2) is 10.2. The topological polar surface area (TPSA) is 156 Å². The molecule has 0 spiro atoms. The summed E-state index contributed by atoms with van der Waals surface area (Å²) in [6.07, 6.45) is 3.20. The minimum absolute atomic E-state index is 0.0119. The summed E-state index contributed by atoms with van der Waals surface area (Å²) in [6, 6.07) is -2.70. The molecule has 0 radical (unpaired) electrons. The third kappa shape index (κ3) is 6.54. The highest BCUT2D eigenvalue weighted by Crippen LogP contribution is 2.19. The number of carbonyl (C=O) groups excluding carboxylic acids is 3. The van der Waals surface area contributed by atoms with Crippen LogP contribution in [0.15, 0.2) is 0 Å². The van der Waals surface area contributed by atoms with Crippen molar-refractivity contribution in [1.82, 2.24) is 10.2 Å². The van der Waals surface area contributed by atoms with Crippen molar-refractivity contribution in [3.8, 4) is 0 Å². The van der Waals surface area contributed by atoms with Crippen LogP contribution in [-0.2, 0) is 19.2 Å². The van der Waals surface area contributed by atoms with Crippen LogP contribution >= 0.6 is 11.8 Å². The lowest BCUT2D eigenvalue weighted by Crippen LogP contribution is -2.54. The number of hydrogen-bond acceptors (Lipinski definition) is 6. The monoisotopic (exact) mass is 374 g/mol. The largest absolute Gasteiger partial charge is 0.480 e. The molecule has 1 heterocycles. The Morgan fingerprint density at radius 3 is 2.56 bits per heavy atom. The van der Waals surface area contributed by atoms with Crippen molar-refractivity contribution in [2.24, 2.45) is 11.5 Å². The smallest absolute Gasteiger partial charge is 0.326 e. The Kier molecular flexibility index (Phi) is 8.70. The number of nitrogens with zero attached hydrogens (tertiary/aromatic N) is 1. The van der Waals surface area contributed by atoms with E-state index in [9.17, 15) is 24.3 Å². The number of hydrogen-bond donors (Lipinski definition) is 4. The number of carboxylic acids is 1. The van der Waals surface area contributed by atoms with Crippen molar-refractivity contribution in [3.63, 3.8) is 0 Å². The second-order valence-electron chi connectivity index (χ2n) is 5.98. The van der Waals surface area contributed by atoms with Gasteiger partial charge < -0.3 is 26.8 Å². The number of carbonyl (C=O) groups is 4. The first-order chi connectivity index (χ1) is 11.8. The maximum absolute atomic E-state index is 12.7. The van der Waals surface area contributed by atoms with Crippen LogP contribution in [0.3, 0.4) is 0 Å². The minimum atomic E-state index is -1.08. The van der Waals surface area contributed by atoms with Gasteiger partial charge in [0.05, 0.1) is 6.04 Å². The quantitative estimate of drug-likeness (QED) is 0.378. The molecule has 10 heteroatoms. The highest BCUT2D eigenvalue weighted by Gasteiger charge is 2.37.